The Morgan fingerprint density at radius 2 is 2.09 bits per heavy atom. The first-order valence-corrected chi connectivity index (χ1v) is 10.2. The molecule has 0 radical (unpaired) electrons. The first kappa shape index (κ1) is 19.8. The highest BCUT2D eigenvalue weighted by Crippen LogP contribution is 2.38. The molecule has 4 aromatic rings. The summed E-state index contributed by atoms with van der Waals surface area (Å²) < 4.78 is 1.49. The molecule has 5 rings (SSSR count). The summed E-state index contributed by atoms with van der Waals surface area (Å²) in [6.45, 7) is 0.573. The van der Waals surface area contributed by atoms with Gasteiger partial charge in [0.1, 0.15) is 23.3 Å². The summed E-state index contributed by atoms with van der Waals surface area (Å²) >= 11 is 6.34. The number of rotatable bonds is 3. The van der Waals surface area contributed by atoms with Crippen LogP contribution < -0.4 is 21.9 Å². The largest absolute Gasteiger partial charge is 0.382 e. The van der Waals surface area contributed by atoms with Crippen LogP contribution in [0.2, 0.25) is 5.02 Å². The molecule has 1 fully saturated rings. The molecule has 0 saturated carbocycles. The van der Waals surface area contributed by atoms with Gasteiger partial charge < -0.3 is 16.4 Å². The number of nitrogens with one attached hydrogen (secondary N) is 1. The molecule has 5 N–H and O–H groups in total. The fourth-order valence-electron chi connectivity index (χ4n) is 4.13. The van der Waals surface area contributed by atoms with E-state index < -0.39 is 0 Å². The van der Waals surface area contributed by atoms with E-state index in [0.29, 0.717) is 46.2 Å². The molecule has 1 aliphatic rings. The Hall–Kier alpha value is -4.17. The highest BCUT2D eigenvalue weighted by Gasteiger charge is 2.34. The highest BCUT2D eigenvalue weighted by molar-refractivity contribution is 6.35. The molecule has 0 aliphatic carbocycles. The van der Waals surface area contributed by atoms with Gasteiger partial charge in [0.2, 0.25) is 5.95 Å². The third-order valence-corrected chi connectivity index (χ3v) is 5.80. The van der Waals surface area contributed by atoms with E-state index >= 15 is 0 Å². The fourth-order valence-corrected chi connectivity index (χ4v) is 4.38. The molecule has 0 bridgehead atoms. The SMILES string of the molecule is N#Cc1c(N)nc(N)nc1N1CCC[C@H]1c1nc2cccc(Cl)c2c(=O)n1-c1cn[nH]c1. The molecular weight excluding hydrogens is 432 g/mol. The van der Waals surface area contributed by atoms with Crippen molar-refractivity contribution in [3.05, 3.63) is 57.4 Å². The summed E-state index contributed by atoms with van der Waals surface area (Å²) in [7, 11) is 0. The van der Waals surface area contributed by atoms with Crippen LogP contribution in [0.25, 0.3) is 16.6 Å². The second-order valence-corrected chi connectivity index (χ2v) is 7.74. The number of nitrogens with two attached hydrogens (primary N) is 2. The number of nitrogen functional groups attached to an aromatic ring is 2. The van der Waals surface area contributed by atoms with Gasteiger partial charge in [-0.15, -0.1) is 0 Å². The van der Waals surface area contributed by atoms with E-state index in [1.54, 1.807) is 24.4 Å². The number of H-pyrrole nitrogens is 1. The predicted molar refractivity (Wildman–Crippen MR) is 119 cm³/mol. The molecule has 12 heteroatoms. The van der Waals surface area contributed by atoms with Crippen molar-refractivity contribution < 1.29 is 0 Å². The fraction of sp³-hybridized carbons (Fsp3) is 0.200. The van der Waals surface area contributed by atoms with Crippen LogP contribution >= 0.6 is 11.6 Å². The van der Waals surface area contributed by atoms with E-state index in [1.165, 1.54) is 10.8 Å². The van der Waals surface area contributed by atoms with Crippen molar-refractivity contribution >= 4 is 40.1 Å². The van der Waals surface area contributed by atoms with Crippen LogP contribution in [-0.4, -0.2) is 36.3 Å². The van der Waals surface area contributed by atoms with E-state index in [1.807, 2.05) is 4.90 Å². The third-order valence-electron chi connectivity index (χ3n) is 5.48. The van der Waals surface area contributed by atoms with Gasteiger partial charge in [-0.05, 0) is 25.0 Å². The molecule has 0 unspecified atom stereocenters. The lowest BCUT2D eigenvalue weighted by Gasteiger charge is -2.28. The smallest absolute Gasteiger partial charge is 0.267 e. The van der Waals surface area contributed by atoms with E-state index in [2.05, 4.69) is 26.2 Å². The summed E-state index contributed by atoms with van der Waals surface area (Å²) in [6.07, 6.45) is 4.60. The second kappa shape index (κ2) is 7.51. The van der Waals surface area contributed by atoms with Gasteiger partial charge in [0.25, 0.3) is 5.56 Å². The van der Waals surface area contributed by atoms with Crippen LogP contribution in [0.5, 0.6) is 0 Å². The van der Waals surface area contributed by atoms with Gasteiger partial charge in [-0.1, -0.05) is 17.7 Å². The van der Waals surface area contributed by atoms with E-state index in [9.17, 15) is 10.1 Å². The van der Waals surface area contributed by atoms with Crippen LogP contribution in [-0.2, 0) is 0 Å². The molecule has 4 heterocycles. The number of aromatic amines is 1. The molecule has 32 heavy (non-hydrogen) atoms. The van der Waals surface area contributed by atoms with Crippen molar-refractivity contribution in [2.24, 2.45) is 0 Å². The standard InChI is InChI=1S/C20H17ClN10O/c21-12-3-1-4-13-15(12)19(32)31(10-8-25-26-9-10)18(27-13)14-5-2-6-30(14)17-11(7-22)16(23)28-20(24)29-17/h1,3-4,8-9,14H,2,5-6H2,(H,25,26)(H4,23,24,28,29)/t14-/m0/s1. The van der Waals surface area contributed by atoms with Crippen LogP contribution in [0.1, 0.15) is 30.3 Å². The number of nitrogens with zero attached hydrogens (tertiary/aromatic N) is 7. The minimum absolute atomic E-state index is 0.00567. The summed E-state index contributed by atoms with van der Waals surface area (Å²) in [5, 5.41) is 17.0. The lowest BCUT2D eigenvalue weighted by Crippen LogP contribution is -2.32. The van der Waals surface area contributed by atoms with Crippen LogP contribution in [0, 0.1) is 11.3 Å². The Kier molecular flexibility index (Phi) is 4.64. The first-order chi connectivity index (χ1) is 15.5. The van der Waals surface area contributed by atoms with Crippen molar-refractivity contribution in [2.75, 3.05) is 22.9 Å². The topological polar surface area (TPSA) is 168 Å². The third kappa shape index (κ3) is 3.00. The zero-order chi connectivity index (χ0) is 22.4. The van der Waals surface area contributed by atoms with Crippen molar-refractivity contribution in [3.8, 4) is 11.8 Å². The molecule has 0 amide bonds. The first-order valence-electron chi connectivity index (χ1n) is 9.79. The molecule has 1 saturated heterocycles. The van der Waals surface area contributed by atoms with E-state index in [0.717, 1.165) is 6.42 Å². The van der Waals surface area contributed by atoms with Gasteiger partial charge in [-0.25, -0.2) is 4.98 Å². The minimum Gasteiger partial charge on any atom is -0.382 e. The quantitative estimate of drug-likeness (QED) is 0.423. The number of halogens is 1. The van der Waals surface area contributed by atoms with Gasteiger partial charge in [0, 0.05) is 12.7 Å². The van der Waals surface area contributed by atoms with Crippen molar-refractivity contribution in [2.45, 2.75) is 18.9 Å². The molecular formula is C20H17ClN10O. The summed E-state index contributed by atoms with van der Waals surface area (Å²) in [4.78, 5) is 28.5. The predicted octanol–water partition coefficient (Wildman–Crippen LogP) is 1.93. The van der Waals surface area contributed by atoms with E-state index in [-0.39, 0.29) is 28.9 Å². The normalized spacial score (nSPS) is 15.9. The Labute approximate surface area is 186 Å². The van der Waals surface area contributed by atoms with Gasteiger partial charge in [-0.3, -0.25) is 14.5 Å². The maximum atomic E-state index is 13.6. The molecule has 1 aromatic carbocycles. The number of hydrogen-bond acceptors (Lipinski definition) is 9. The van der Waals surface area contributed by atoms with Crippen molar-refractivity contribution in [1.82, 2.24) is 29.7 Å². The molecule has 0 spiro atoms. The Morgan fingerprint density at radius 3 is 2.84 bits per heavy atom. The highest BCUT2D eigenvalue weighted by atomic mass is 35.5. The van der Waals surface area contributed by atoms with Gasteiger partial charge >= 0.3 is 0 Å². The Bertz CT molecular complexity index is 1440. The summed E-state index contributed by atoms with van der Waals surface area (Å²) in [5.74, 6) is 0.765. The molecule has 11 nitrogen and oxygen atoms in total. The van der Waals surface area contributed by atoms with Gasteiger partial charge in [-0.2, -0.15) is 20.3 Å². The Morgan fingerprint density at radius 1 is 1.25 bits per heavy atom. The van der Waals surface area contributed by atoms with Gasteiger partial charge in [0.05, 0.1) is 33.9 Å². The lowest BCUT2D eigenvalue weighted by atomic mass is 10.1. The number of aromatic nitrogens is 6. The maximum Gasteiger partial charge on any atom is 0.267 e. The summed E-state index contributed by atoms with van der Waals surface area (Å²) in [6, 6.07) is 6.83. The van der Waals surface area contributed by atoms with Crippen LogP contribution in [0.4, 0.5) is 17.6 Å². The summed E-state index contributed by atoms with van der Waals surface area (Å²) in [5.41, 5.74) is 12.6. The number of benzene rings is 1. The number of nitriles is 1. The zero-order valence-corrected chi connectivity index (χ0v) is 17.4. The molecule has 3 aromatic heterocycles. The number of fused-ring (bicyclic) bond motifs is 1. The van der Waals surface area contributed by atoms with Crippen LogP contribution in [0.3, 0.4) is 0 Å². The minimum atomic E-state index is -0.373. The average molecular weight is 449 g/mol. The van der Waals surface area contributed by atoms with E-state index in [4.69, 9.17) is 28.1 Å². The zero-order valence-electron chi connectivity index (χ0n) is 16.7. The maximum absolute atomic E-state index is 13.6. The lowest BCUT2D eigenvalue weighted by molar-refractivity contribution is 0.633. The van der Waals surface area contributed by atoms with Crippen molar-refractivity contribution in [1.29, 1.82) is 5.26 Å². The van der Waals surface area contributed by atoms with Crippen LogP contribution in [0.15, 0.2) is 35.4 Å². The molecule has 1 aliphatic heterocycles. The van der Waals surface area contributed by atoms with Gasteiger partial charge in [0.15, 0.2) is 5.82 Å². The molecule has 160 valence electrons. The second-order valence-electron chi connectivity index (χ2n) is 7.33. The average Bonchev–Trinajstić information content (AvgIpc) is 3.45. The number of hydrogen-bond donors (Lipinski definition) is 3. The number of anilines is 3. The molecule has 1 atom stereocenters. The van der Waals surface area contributed by atoms with Crippen molar-refractivity contribution in [3.63, 3.8) is 0 Å². The monoisotopic (exact) mass is 448 g/mol. The Balaban J connectivity index is 1.78.